The number of rotatable bonds is 2. The molecule has 22 heavy (non-hydrogen) atoms. The zero-order chi connectivity index (χ0) is 15.7. The van der Waals surface area contributed by atoms with Gasteiger partial charge in [-0.2, -0.15) is 5.10 Å². The topological polar surface area (TPSA) is 41.4 Å². The summed E-state index contributed by atoms with van der Waals surface area (Å²) >= 11 is 12.0. The molecule has 1 aliphatic heterocycles. The SMILES string of the molecule is Cn1ncc(C(=O)N2CCN(c3ccc(Cl)cc3)CC2)c1Cl. The molecular weight excluding hydrogens is 323 g/mol. The maximum absolute atomic E-state index is 12.5. The second-order valence-electron chi connectivity index (χ2n) is 5.23. The summed E-state index contributed by atoms with van der Waals surface area (Å²) in [6.07, 6.45) is 1.52. The Morgan fingerprint density at radius 1 is 1.09 bits per heavy atom. The van der Waals surface area contributed by atoms with Crippen LogP contribution in [0.5, 0.6) is 0 Å². The number of hydrogen-bond acceptors (Lipinski definition) is 3. The molecule has 0 aliphatic carbocycles. The van der Waals surface area contributed by atoms with Crippen molar-refractivity contribution in [1.29, 1.82) is 0 Å². The first-order valence-corrected chi connectivity index (χ1v) is 7.79. The van der Waals surface area contributed by atoms with Gasteiger partial charge in [-0.1, -0.05) is 23.2 Å². The molecule has 1 aromatic heterocycles. The molecule has 1 fully saturated rings. The van der Waals surface area contributed by atoms with Gasteiger partial charge in [-0.15, -0.1) is 0 Å². The highest BCUT2D eigenvalue weighted by Gasteiger charge is 2.25. The minimum absolute atomic E-state index is 0.0612. The van der Waals surface area contributed by atoms with Gasteiger partial charge in [-0.3, -0.25) is 9.48 Å². The molecule has 0 unspecified atom stereocenters. The molecule has 1 aliphatic rings. The maximum Gasteiger partial charge on any atom is 0.258 e. The number of aryl methyl sites for hydroxylation is 1. The van der Waals surface area contributed by atoms with Crippen LogP contribution >= 0.6 is 23.2 Å². The average Bonchev–Trinajstić information content (AvgIpc) is 2.87. The van der Waals surface area contributed by atoms with Crippen molar-refractivity contribution in [2.45, 2.75) is 0 Å². The molecule has 3 rings (SSSR count). The summed E-state index contributed by atoms with van der Waals surface area (Å²) in [5, 5.41) is 5.12. The Bertz CT molecular complexity index is 675. The summed E-state index contributed by atoms with van der Waals surface area (Å²) in [5.74, 6) is -0.0612. The Kier molecular flexibility index (Phi) is 4.27. The molecule has 0 atom stereocenters. The molecule has 0 spiro atoms. The fourth-order valence-electron chi connectivity index (χ4n) is 2.56. The Morgan fingerprint density at radius 3 is 2.27 bits per heavy atom. The van der Waals surface area contributed by atoms with E-state index in [9.17, 15) is 4.79 Å². The quantitative estimate of drug-likeness (QED) is 0.845. The highest BCUT2D eigenvalue weighted by molar-refractivity contribution is 6.32. The molecule has 5 nitrogen and oxygen atoms in total. The first kappa shape index (κ1) is 15.2. The highest BCUT2D eigenvalue weighted by Crippen LogP contribution is 2.21. The lowest BCUT2D eigenvalue weighted by Crippen LogP contribution is -2.48. The third kappa shape index (κ3) is 2.91. The lowest BCUT2D eigenvalue weighted by Gasteiger charge is -2.36. The van der Waals surface area contributed by atoms with E-state index in [4.69, 9.17) is 23.2 Å². The molecule has 1 amide bonds. The van der Waals surface area contributed by atoms with Crippen molar-refractivity contribution >= 4 is 34.8 Å². The zero-order valence-corrected chi connectivity index (χ0v) is 13.7. The van der Waals surface area contributed by atoms with E-state index < -0.39 is 0 Å². The fraction of sp³-hybridized carbons (Fsp3) is 0.333. The van der Waals surface area contributed by atoms with Crippen LogP contribution in [0.2, 0.25) is 10.2 Å². The Balaban J connectivity index is 1.65. The lowest BCUT2D eigenvalue weighted by molar-refractivity contribution is 0.0747. The van der Waals surface area contributed by atoms with Crippen molar-refractivity contribution in [2.75, 3.05) is 31.1 Å². The molecule has 7 heteroatoms. The van der Waals surface area contributed by atoms with Crippen LogP contribution in [0.25, 0.3) is 0 Å². The van der Waals surface area contributed by atoms with Crippen molar-refractivity contribution < 1.29 is 4.79 Å². The largest absolute Gasteiger partial charge is 0.368 e. The van der Waals surface area contributed by atoms with Gasteiger partial charge >= 0.3 is 0 Å². The number of hydrogen-bond donors (Lipinski definition) is 0. The molecule has 0 bridgehead atoms. The van der Waals surface area contributed by atoms with Crippen LogP contribution in [0, 0.1) is 0 Å². The van der Waals surface area contributed by atoms with Crippen LogP contribution in [0.1, 0.15) is 10.4 Å². The van der Waals surface area contributed by atoms with E-state index in [-0.39, 0.29) is 5.91 Å². The van der Waals surface area contributed by atoms with Gasteiger partial charge in [0.15, 0.2) is 0 Å². The van der Waals surface area contributed by atoms with Gasteiger partial charge in [0.25, 0.3) is 5.91 Å². The number of anilines is 1. The van der Waals surface area contributed by atoms with Crippen molar-refractivity contribution in [2.24, 2.45) is 7.05 Å². The van der Waals surface area contributed by atoms with E-state index in [0.29, 0.717) is 23.8 Å². The first-order chi connectivity index (χ1) is 10.6. The number of piperazine rings is 1. The third-order valence-electron chi connectivity index (χ3n) is 3.86. The normalized spacial score (nSPS) is 15.2. The molecule has 2 aromatic rings. The number of benzene rings is 1. The van der Waals surface area contributed by atoms with Crippen LogP contribution in [-0.2, 0) is 7.05 Å². The third-order valence-corrected chi connectivity index (χ3v) is 4.56. The van der Waals surface area contributed by atoms with E-state index in [0.717, 1.165) is 23.8 Å². The maximum atomic E-state index is 12.5. The first-order valence-electron chi connectivity index (χ1n) is 7.03. The van der Waals surface area contributed by atoms with Gasteiger partial charge in [0, 0.05) is 43.9 Å². The Morgan fingerprint density at radius 2 is 1.73 bits per heavy atom. The molecule has 0 radical (unpaired) electrons. The number of carbonyl (C=O) groups excluding carboxylic acids is 1. The Hall–Kier alpha value is -1.72. The summed E-state index contributed by atoms with van der Waals surface area (Å²) in [6.45, 7) is 2.88. The average molecular weight is 339 g/mol. The van der Waals surface area contributed by atoms with Gasteiger partial charge in [0.05, 0.1) is 11.8 Å². The second-order valence-corrected chi connectivity index (χ2v) is 6.02. The molecule has 1 saturated heterocycles. The highest BCUT2D eigenvalue weighted by atomic mass is 35.5. The predicted molar refractivity (Wildman–Crippen MR) is 87.8 cm³/mol. The fourth-order valence-corrected chi connectivity index (χ4v) is 2.86. The number of halogens is 2. The minimum atomic E-state index is -0.0612. The van der Waals surface area contributed by atoms with Crippen LogP contribution in [-0.4, -0.2) is 46.8 Å². The van der Waals surface area contributed by atoms with Crippen molar-refractivity contribution in [3.8, 4) is 0 Å². The summed E-state index contributed by atoms with van der Waals surface area (Å²) in [7, 11) is 1.72. The van der Waals surface area contributed by atoms with E-state index in [1.54, 1.807) is 7.05 Å². The van der Waals surface area contributed by atoms with E-state index in [1.165, 1.54) is 10.9 Å². The molecular formula is C15H16Cl2N4O. The van der Waals surface area contributed by atoms with Gasteiger partial charge in [-0.25, -0.2) is 0 Å². The monoisotopic (exact) mass is 338 g/mol. The number of aromatic nitrogens is 2. The zero-order valence-electron chi connectivity index (χ0n) is 12.2. The lowest BCUT2D eigenvalue weighted by atomic mass is 10.2. The van der Waals surface area contributed by atoms with Crippen molar-refractivity contribution in [1.82, 2.24) is 14.7 Å². The van der Waals surface area contributed by atoms with Gasteiger partial charge in [0.2, 0.25) is 0 Å². The summed E-state index contributed by atoms with van der Waals surface area (Å²) in [4.78, 5) is 16.5. The number of amides is 1. The van der Waals surface area contributed by atoms with Crippen molar-refractivity contribution in [3.05, 3.63) is 46.2 Å². The van der Waals surface area contributed by atoms with Crippen LogP contribution in [0.15, 0.2) is 30.5 Å². The molecule has 116 valence electrons. The van der Waals surface area contributed by atoms with E-state index in [2.05, 4.69) is 10.00 Å². The van der Waals surface area contributed by atoms with Crippen LogP contribution < -0.4 is 4.90 Å². The van der Waals surface area contributed by atoms with Crippen LogP contribution in [0.3, 0.4) is 0 Å². The van der Waals surface area contributed by atoms with E-state index in [1.807, 2.05) is 29.2 Å². The minimum Gasteiger partial charge on any atom is -0.368 e. The molecule has 0 N–H and O–H groups in total. The van der Waals surface area contributed by atoms with E-state index >= 15 is 0 Å². The Labute approximate surface area is 139 Å². The number of carbonyl (C=O) groups is 1. The van der Waals surface area contributed by atoms with Gasteiger partial charge < -0.3 is 9.80 Å². The smallest absolute Gasteiger partial charge is 0.258 e. The second kappa shape index (κ2) is 6.18. The predicted octanol–water partition coefficient (Wildman–Crippen LogP) is 2.69. The molecule has 1 aromatic carbocycles. The van der Waals surface area contributed by atoms with Gasteiger partial charge in [0.1, 0.15) is 5.15 Å². The van der Waals surface area contributed by atoms with Gasteiger partial charge in [-0.05, 0) is 24.3 Å². The molecule has 2 heterocycles. The summed E-state index contributed by atoms with van der Waals surface area (Å²) in [5.41, 5.74) is 1.58. The summed E-state index contributed by atoms with van der Waals surface area (Å²) in [6, 6.07) is 7.75. The summed E-state index contributed by atoms with van der Waals surface area (Å²) < 4.78 is 1.50. The molecule has 0 saturated carbocycles. The standard InChI is InChI=1S/C15H16Cl2N4O/c1-19-14(17)13(10-18-19)15(22)21-8-6-20(7-9-21)12-4-2-11(16)3-5-12/h2-5,10H,6-9H2,1H3. The van der Waals surface area contributed by atoms with Crippen molar-refractivity contribution in [3.63, 3.8) is 0 Å². The van der Waals surface area contributed by atoms with Crippen LogP contribution in [0.4, 0.5) is 5.69 Å². The number of nitrogens with zero attached hydrogens (tertiary/aromatic N) is 4.